The lowest BCUT2D eigenvalue weighted by Crippen LogP contribution is -2.50. The number of carbonyl (C=O) groups excluding carboxylic acids is 1. The van der Waals surface area contributed by atoms with E-state index in [1.807, 2.05) is 24.3 Å². The summed E-state index contributed by atoms with van der Waals surface area (Å²) in [4.78, 5) is 16.2. The first-order chi connectivity index (χ1) is 14.7. The second kappa shape index (κ2) is 7.80. The Morgan fingerprint density at radius 2 is 1.81 bits per heavy atom. The van der Waals surface area contributed by atoms with Gasteiger partial charge >= 0.3 is 18.4 Å². The van der Waals surface area contributed by atoms with E-state index in [9.17, 15) is 22.4 Å². The van der Waals surface area contributed by atoms with E-state index in [0.29, 0.717) is 26.2 Å². The lowest BCUT2D eigenvalue weighted by Gasteiger charge is -2.36. The molecule has 1 fully saturated rings. The van der Waals surface area contributed by atoms with Crippen molar-refractivity contribution < 1.29 is 36.6 Å². The average Bonchev–Trinajstić information content (AvgIpc) is 2.73. The standard InChI is InChI=1S/C20H19F4N3O4/c1-29-15-4-2-3-14(12-15)26-7-9-27(10-8-26)18(28)25-13-5-6-17-16(11-13)19(21,22)31-20(23,24)30-17/h2-6,11-12H,7-10H2,1H3,(H,25,28). The Labute approximate surface area is 175 Å². The van der Waals surface area contributed by atoms with Crippen LogP contribution >= 0.6 is 0 Å². The topological polar surface area (TPSA) is 63.3 Å². The number of rotatable bonds is 3. The van der Waals surface area contributed by atoms with Gasteiger partial charge in [0.1, 0.15) is 11.5 Å². The molecule has 7 nitrogen and oxygen atoms in total. The molecule has 2 heterocycles. The first-order valence-electron chi connectivity index (χ1n) is 9.41. The maximum Gasteiger partial charge on any atom is 0.540 e. The Morgan fingerprint density at radius 3 is 2.52 bits per heavy atom. The molecular weight excluding hydrogens is 422 g/mol. The molecule has 1 saturated heterocycles. The van der Waals surface area contributed by atoms with E-state index in [2.05, 4.69) is 19.7 Å². The van der Waals surface area contributed by atoms with Crippen LogP contribution in [0, 0.1) is 0 Å². The number of carbonyl (C=O) groups is 1. The van der Waals surface area contributed by atoms with Crippen molar-refractivity contribution in [2.75, 3.05) is 43.5 Å². The van der Waals surface area contributed by atoms with Crippen LogP contribution in [0.15, 0.2) is 42.5 Å². The number of piperazine rings is 1. The second-order valence-corrected chi connectivity index (χ2v) is 7.00. The van der Waals surface area contributed by atoms with Crippen molar-refractivity contribution >= 4 is 17.4 Å². The van der Waals surface area contributed by atoms with E-state index in [4.69, 9.17) is 4.74 Å². The SMILES string of the molecule is COc1cccc(N2CCN(C(=O)Nc3ccc4c(c3)C(F)(F)OC(F)(F)O4)CC2)c1. The number of ether oxygens (including phenoxy) is 3. The number of nitrogens with one attached hydrogen (secondary N) is 1. The molecule has 0 unspecified atom stereocenters. The van der Waals surface area contributed by atoms with Crippen molar-refractivity contribution in [2.24, 2.45) is 0 Å². The van der Waals surface area contributed by atoms with Crippen molar-refractivity contribution in [3.05, 3.63) is 48.0 Å². The van der Waals surface area contributed by atoms with Gasteiger partial charge in [-0.2, -0.15) is 8.78 Å². The van der Waals surface area contributed by atoms with Crippen molar-refractivity contribution in [1.29, 1.82) is 0 Å². The van der Waals surface area contributed by atoms with Crippen LogP contribution in [0.3, 0.4) is 0 Å². The number of methoxy groups -OCH3 is 1. The first kappa shape index (κ1) is 21.0. The zero-order chi connectivity index (χ0) is 22.2. The molecule has 4 rings (SSSR count). The Balaban J connectivity index is 1.40. The fourth-order valence-electron chi connectivity index (χ4n) is 3.45. The summed E-state index contributed by atoms with van der Waals surface area (Å²) in [6, 6.07) is 10.1. The lowest BCUT2D eigenvalue weighted by atomic mass is 10.1. The Kier molecular flexibility index (Phi) is 5.29. The number of hydrogen-bond donors (Lipinski definition) is 1. The van der Waals surface area contributed by atoms with Gasteiger partial charge in [-0.05, 0) is 30.3 Å². The third kappa shape index (κ3) is 4.46. The number of hydrogen-bond acceptors (Lipinski definition) is 5. The number of urea groups is 1. The molecule has 0 aromatic heterocycles. The maximum absolute atomic E-state index is 13.9. The fraction of sp³-hybridized carbons (Fsp3) is 0.350. The van der Waals surface area contributed by atoms with E-state index >= 15 is 0 Å². The van der Waals surface area contributed by atoms with Gasteiger partial charge in [-0.3, -0.25) is 0 Å². The van der Waals surface area contributed by atoms with E-state index in [1.165, 1.54) is 11.0 Å². The van der Waals surface area contributed by atoms with Gasteiger partial charge in [0.25, 0.3) is 0 Å². The van der Waals surface area contributed by atoms with Gasteiger partial charge in [-0.25, -0.2) is 9.53 Å². The second-order valence-electron chi connectivity index (χ2n) is 7.00. The predicted molar refractivity (Wildman–Crippen MR) is 103 cm³/mol. The van der Waals surface area contributed by atoms with E-state index in [-0.39, 0.29) is 5.69 Å². The Bertz CT molecular complexity index is 981. The van der Waals surface area contributed by atoms with E-state index in [0.717, 1.165) is 23.6 Å². The highest BCUT2D eigenvalue weighted by molar-refractivity contribution is 5.89. The van der Waals surface area contributed by atoms with Crippen LogP contribution in [0.5, 0.6) is 11.5 Å². The molecule has 0 saturated carbocycles. The number of fused-ring (bicyclic) bond motifs is 1. The van der Waals surface area contributed by atoms with Crippen LogP contribution in [0.1, 0.15) is 5.56 Å². The minimum absolute atomic E-state index is 0.0102. The summed E-state index contributed by atoms with van der Waals surface area (Å²) in [5.74, 6) is 0.0127. The first-order valence-corrected chi connectivity index (χ1v) is 9.41. The van der Waals surface area contributed by atoms with Gasteiger partial charge in [-0.1, -0.05) is 6.07 Å². The van der Waals surface area contributed by atoms with Gasteiger partial charge in [0.2, 0.25) is 0 Å². The van der Waals surface area contributed by atoms with Gasteiger partial charge in [0.15, 0.2) is 0 Å². The monoisotopic (exact) mass is 441 g/mol. The molecular formula is C20H19F4N3O4. The predicted octanol–water partition coefficient (Wildman–Crippen LogP) is 4.06. The molecule has 31 heavy (non-hydrogen) atoms. The third-order valence-corrected chi connectivity index (χ3v) is 5.01. The van der Waals surface area contributed by atoms with Gasteiger partial charge in [0, 0.05) is 43.6 Å². The van der Waals surface area contributed by atoms with Crippen molar-refractivity contribution in [1.82, 2.24) is 4.90 Å². The largest absolute Gasteiger partial charge is 0.540 e. The maximum atomic E-state index is 13.9. The zero-order valence-corrected chi connectivity index (χ0v) is 16.4. The summed E-state index contributed by atoms with van der Waals surface area (Å²) < 4.78 is 66.8. The van der Waals surface area contributed by atoms with Crippen molar-refractivity contribution in [3.63, 3.8) is 0 Å². The summed E-state index contributed by atoms with van der Waals surface area (Å²) >= 11 is 0. The third-order valence-electron chi connectivity index (χ3n) is 5.01. The summed E-state index contributed by atoms with van der Waals surface area (Å²) in [7, 11) is 1.59. The van der Waals surface area contributed by atoms with Crippen LogP contribution < -0.4 is 19.7 Å². The molecule has 2 amide bonds. The molecule has 11 heteroatoms. The molecule has 2 aromatic rings. The summed E-state index contributed by atoms with van der Waals surface area (Å²) in [5.41, 5.74) is 0.0864. The van der Waals surface area contributed by atoms with Crippen LogP contribution in [-0.4, -0.2) is 50.5 Å². The fourth-order valence-corrected chi connectivity index (χ4v) is 3.45. The highest BCUT2D eigenvalue weighted by Crippen LogP contribution is 2.46. The van der Waals surface area contributed by atoms with E-state index < -0.39 is 29.7 Å². The molecule has 2 aliphatic rings. The normalized spacial score (nSPS) is 19.3. The van der Waals surface area contributed by atoms with Crippen LogP contribution in [0.2, 0.25) is 0 Å². The molecule has 0 radical (unpaired) electrons. The zero-order valence-electron chi connectivity index (χ0n) is 16.4. The van der Waals surface area contributed by atoms with Crippen LogP contribution in [-0.2, 0) is 10.8 Å². The summed E-state index contributed by atoms with van der Waals surface area (Å²) in [6.07, 6.45) is -8.70. The average molecular weight is 441 g/mol. The molecule has 0 bridgehead atoms. The molecule has 166 valence electrons. The minimum Gasteiger partial charge on any atom is -0.497 e. The smallest absolute Gasteiger partial charge is 0.497 e. The molecule has 0 aliphatic carbocycles. The van der Waals surface area contributed by atoms with Gasteiger partial charge in [0.05, 0.1) is 12.7 Å². The number of benzene rings is 2. The molecule has 0 atom stereocenters. The van der Waals surface area contributed by atoms with Crippen molar-refractivity contribution in [3.8, 4) is 11.5 Å². The quantitative estimate of drug-likeness (QED) is 0.728. The molecule has 0 spiro atoms. The summed E-state index contributed by atoms with van der Waals surface area (Å²) in [6.45, 7) is 1.95. The Morgan fingerprint density at radius 1 is 1.06 bits per heavy atom. The lowest BCUT2D eigenvalue weighted by molar-refractivity contribution is -0.461. The number of anilines is 2. The minimum atomic E-state index is -4.44. The van der Waals surface area contributed by atoms with Crippen molar-refractivity contribution in [2.45, 2.75) is 12.4 Å². The highest BCUT2D eigenvalue weighted by Gasteiger charge is 2.54. The number of nitrogens with zero attached hydrogens (tertiary/aromatic N) is 2. The van der Waals surface area contributed by atoms with E-state index in [1.54, 1.807) is 7.11 Å². The highest BCUT2D eigenvalue weighted by atomic mass is 19.3. The molecule has 2 aliphatic heterocycles. The number of halogens is 4. The Hall–Kier alpha value is -3.21. The van der Waals surface area contributed by atoms with Crippen LogP contribution in [0.4, 0.5) is 33.7 Å². The summed E-state index contributed by atoms with van der Waals surface area (Å²) in [5, 5.41) is 2.51. The van der Waals surface area contributed by atoms with Crippen LogP contribution in [0.25, 0.3) is 0 Å². The number of alkyl halides is 4. The van der Waals surface area contributed by atoms with Gasteiger partial charge < -0.3 is 24.6 Å². The molecule has 1 N–H and O–H groups in total. The number of amides is 2. The van der Waals surface area contributed by atoms with Gasteiger partial charge in [-0.15, -0.1) is 8.78 Å². The molecule has 2 aromatic carbocycles.